The van der Waals surface area contributed by atoms with Crippen molar-refractivity contribution in [3.05, 3.63) is 53.6 Å². The zero-order valence-corrected chi connectivity index (χ0v) is 17.6. The maximum atomic E-state index is 12.3. The highest BCUT2D eigenvalue weighted by Crippen LogP contribution is 2.27. The summed E-state index contributed by atoms with van der Waals surface area (Å²) in [7, 11) is -3.51. The highest BCUT2D eigenvalue weighted by molar-refractivity contribution is 7.89. The molecule has 0 spiro atoms. The summed E-state index contributed by atoms with van der Waals surface area (Å²) in [5.74, 6) is 0.447. The molecule has 28 heavy (non-hydrogen) atoms. The summed E-state index contributed by atoms with van der Waals surface area (Å²) in [4.78, 5) is 12.5. The van der Waals surface area contributed by atoms with Gasteiger partial charge in [0.2, 0.25) is 10.0 Å². The van der Waals surface area contributed by atoms with Gasteiger partial charge in [-0.1, -0.05) is 39.0 Å². The largest absolute Gasteiger partial charge is 0.484 e. The minimum atomic E-state index is -3.51. The van der Waals surface area contributed by atoms with Gasteiger partial charge in [-0.2, -0.15) is 0 Å². The minimum absolute atomic E-state index is 0.161. The van der Waals surface area contributed by atoms with Crippen molar-refractivity contribution < 1.29 is 17.9 Å². The molecule has 1 amide bonds. The number of anilines is 1. The first-order valence-electron chi connectivity index (χ1n) is 9.36. The fraction of sp³-hybridized carbons (Fsp3) is 0.381. The van der Waals surface area contributed by atoms with Crippen LogP contribution in [0.1, 0.15) is 44.2 Å². The molecule has 6 nitrogen and oxygen atoms in total. The molecule has 2 aromatic rings. The molecule has 2 rings (SSSR count). The number of hydrogen-bond acceptors (Lipinski definition) is 4. The summed E-state index contributed by atoms with van der Waals surface area (Å²) in [6, 6.07) is 11.9. The van der Waals surface area contributed by atoms with Crippen molar-refractivity contribution in [3.63, 3.8) is 0 Å². The SMILES string of the molecule is CCCNS(=O)(=O)c1ccc(OCC(=O)Nc2c(C)cccc2C(C)C)cc1. The molecule has 2 N–H and O–H groups in total. The summed E-state index contributed by atoms with van der Waals surface area (Å²) in [6.45, 7) is 8.22. The molecular formula is C21H28N2O4S. The van der Waals surface area contributed by atoms with Gasteiger partial charge in [0.05, 0.1) is 4.90 Å². The van der Waals surface area contributed by atoms with Gasteiger partial charge in [0.25, 0.3) is 5.91 Å². The van der Waals surface area contributed by atoms with Crippen LogP contribution in [-0.4, -0.2) is 27.5 Å². The normalized spacial score (nSPS) is 11.5. The third kappa shape index (κ3) is 5.81. The van der Waals surface area contributed by atoms with Crippen molar-refractivity contribution in [3.8, 4) is 5.75 Å². The fourth-order valence-electron chi connectivity index (χ4n) is 2.70. The number of para-hydroxylation sites is 1. The molecule has 0 fully saturated rings. The van der Waals surface area contributed by atoms with Crippen LogP contribution >= 0.6 is 0 Å². The summed E-state index contributed by atoms with van der Waals surface area (Å²) >= 11 is 0. The van der Waals surface area contributed by atoms with Crippen LogP contribution in [0.5, 0.6) is 5.75 Å². The zero-order valence-electron chi connectivity index (χ0n) is 16.8. The van der Waals surface area contributed by atoms with Gasteiger partial charge in [-0.15, -0.1) is 0 Å². The molecule has 152 valence electrons. The van der Waals surface area contributed by atoms with Crippen molar-refractivity contribution in [1.29, 1.82) is 0 Å². The Labute approximate surface area is 167 Å². The molecule has 0 aromatic heterocycles. The molecular weight excluding hydrogens is 376 g/mol. The van der Waals surface area contributed by atoms with Crippen molar-refractivity contribution >= 4 is 21.6 Å². The summed E-state index contributed by atoms with van der Waals surface area (Å²) in [5.41, 5.74) is 2.88. The molecule has 0 heterocycles. The minimum Gasteiger partial charge on any atom is -0.484 e. The van der Waals surface area contributed by atoms with E-state index in [2.05, 4.69) is 23.9 Å². The van der Waals surface area contributed by atoms with E-state index in [-0.39, 0.29) is 23.3 Å². The van der Waals surface area contributed by atoms with Crippen molar-refractivity contribution in [2.75, 3.05) is 18.5 Å². The average molecular weight is 405 g/mol. The highest BCUT2D eigenvalue weighted by Gasteiger charge is 2.14. The molecule has 0 unspecified atom stereocenters. The molecule has 0 radical (unpaired) electrons. The van der Waals surface area contributed by atoms with Crippen LogP contribution in [0.25, 0.3) is 0 Å². The lowest BCUT2D eigenvalue weighted by Crippen LogP contribution is -2.24. The van der Waals surface area contributed by atoms with E-state index in [4.69, 9.17) is 4.74 Å². The molecule has 0 saturated heterocycles. The molecule has 7 heteroatoms. The molecule has 2 aromatic carbocycles. The Bertz CT molecular complexity index is 907. The van der Waals surface area contributed by atoms with Gasteiger partial charge in [-0.05, 0) is 54.7 Å². The standard InChI is InChI=1S/C21H28N2O4S/c1-5-13-22-28(25,26)18-11-9-17(10-12-18)27-14-20(24)23-21-16(4)7-6-8-19(21)15(2)3/h6-12,15,22H,5,13-14H2,1-4H3,(H,23,24). The quantitative estimate of drug-likeness (QED) is 0.665. The van der Waals surface area contributed by atoms with Crippen LogP contribution in [0.2, 0.25) is 0 Å². The van der Waals surface area contributed by atoms with Gasteiger partial charge in [0.15, 0.2) is 6.61 Å². The topological polar surface area (TPSA) is 84.5 Å². The van der Waals surface area contributed by atoms with Gasteiger partial charge in [0.1, 0.15) is 5.75 Å². The fourth-order valence-corrected chi connectivity index (χ4v) is 3.84. The van der Waals surface area contributed by atoms with E-state index in [1.165, 1.54) is 12.1 Å². The third-order valence-corrected chi connectivity index (χ3v) is 5.71. The Morgan fingerprint density at radius 2 is 1.79 bits per heavy atom. The lowest BCUT2D eigenvalue weighted by molar-refractivity contribution is -0.118. The van der Waals surface area contributed by atoms with E-state index in [1.54, 1.807) is 12.1 Å². The van der Waals surface area contributed by atoms with Gasteiger partial charge < -0.3 is 10.1 Å². The van der Waals surface area contributed by atoms with Crippen LogP contribution in [0.15, 0.2) is 47.4 Å². The number of ether oxygens (including phenoxy) is 1. The molecule has 0 aliphatic carbocycles. The number of aryl methyl sites for hydroxylation is 1. The number of sulfonamides is 1. The number of amides is 1. The predicted octanol–water partition coefficient (Wildman–Crippen LogP) is 3.82. The smallest absolute Gasteiger partial charge is 0.262 e. The van der Waals surface area contributed by atoms with E-state index in [9.17, 15) is 13.2 Å². The first-order chi connectivity index (χ1) is 13.2. The Hall–Kier alpha value is -2.38. The number of rotatable bonds is 9. The monoisotopic (exact) mass is 404 g/mol. The van der Waals surface area contributed by atoms with E-state index < -0.39 is 10.0 Å². The van der Waals surface area contributed by atoms with E-state index in [0.29, 0.717) is 12.3 Å². The average Bonchev–Trinajstić information content (AvgIpc) is 2.66. The number of carbonyl (C=O) groups excluding carboxylic acids is 1. The molecule has 0 bridgehead atoms. The summed E-state index contributed by atoms with van der Waals surface area (Å²) in [6.07, 6.45) is 0.717. The Morgan fingerprint density at radius 1 is 1.11 bits per heavy atom. The van der Waals surface area contributed by atoms with E-state index in [0.717, 1.165) is 23.2 Å². The van der Waals surface area contributed by atoms with Gasteiger partial charge >= 0.3 is 0 Å². The summed E-state index contributed by atoms with van der Waals surface area (Å²) < 4.78 is 32.2. The van der Waals surface area contributed by atoms with E-state index in [1.807, 2.05) is 32.0 Å². The molecule has 0 aliphatic rings. The van der Waals surface area contributed by atoms with Crippen LogP contribution < -0.4 is 14.8 Å². The second-order valence-electron chi connectivity index (χ2n) is 6.90. The number of carbonyl (C=O) groups is 1. The maximum absolute atomic E-state index is 12.3. The Morgan fingerprint density at radius 3 is 2.39 bits per heavy atom. The lowest BCUT2D eigenvalue weighted by Gasteiger charge is -2.16. The number of nitrogens with one attached hydrogen (secondary N) is 2. The molecule has 0 atom stereocenters. The van der Waals surface area contributed by atoms with Crippen LogP contribution in [0, 0.1) is 6.92 Å². The van der Waals surface area contributed by atoms with Crippen LogP contribution in [0.4, 0.5) is 5.69 Å². The van der Waals surface area contributed by atoms with Gasteiger partial charge in [-0.3, -0.25) is 4.79 Å². The Balaban J connectivity index is 1.99. The second-order valence-corrected chi connectivity index (χ2v) is 8.67. The van der Waals surface area contributed by atoms with Gasteiger partial charge in [-0.25, -0.2) is 13.1 Å². The maximum Gasteiger partial charge on any atom is 0.262 e. The van der Waals surface area contributed by atoms with E-state index >= 15 is 0 Å². The van der Waals surface area contributed by atoms with Crippen LogP contribution in [-0.2, 0) is 14.8 Å². The van der Waals surface area contributed by atoms with Gasteiger partial charge in [0, 0.05) is 12.2 Å². The second kappa shape index (κ2) is 9.71. The van der Waals surface area contributed by atoms with Crippen LogP contribution in [0.3, 0.4) is 0 Å². The third-order valence-electron chi connectivity index (χ3n) is 4.24. The number of hydrogen-bond donors (Lipinski definition) is 2. The lowest BCUT2D eigenvalue weighted by atomic mass is 9.98. The first kappa shape index (κ1) is 21.9. The van der Waals surface area contributed by atoms with Crippen molar-refractivity contribution in [2.24, 2.45) is 0 Å². The first-order valence-corrected chi connectivity index (χ1v) is 10.8. The Kier molecular flexibility index (Phi) is 7.60. The highest BCUT2D eigenvalue weighted by atomic mass is 32.2. The molecule has 0 aliphatic heterocycles. The van der Waals surface area contributed by atoms with Crippen molar-refractivity contribution in [2.45, 2.75) is 44.9 Å². The number of benzene rings is 2. The van der Waals surface area contributed by atoms with Crippen molar-refractivity contribution in [1.82, 2.24) is 4.72 Å². The molecule has 0 saturated carbocycles. The predicted molar refractivity (Wildman–Crippen MR) is 111 cm³/mol. The zero-order chi connectivity index (χ0) is 20.7. The summed E-state index contributed by atoms with van der Waals surface area (Å²) in [5, 5.41) is 2.92.